The summed E-state index contributed by atoms with van der Waals surface area (Å²) in [5.41, 5.74) is 2.14. The molecule has 0 spiro atoms. The van der Waals surface area contributed by atoms with E-state index in [-0.39, 0.29) is 6.04 Å². The highest BCUT2D eigenvalue weighted by molar-refractivity contribution is 6.30. The third kappa shape index (κ3) is 4.30. The first-order valence-corrected chi connectivity index (χ1v) is 7.74. The average molecular weight is 336 g/mol. The summed E-state index contributed by atoms with van der Waals surface area (Å²) in [6.07, 6.45) is 0. The molecule has 0 amide bonds. The van der Waals surface area contributed by atoms with Gasteiger partial charge in [-0.25, -0.2) is 0 Å². The summed E-state index contributed by atoms with van der Waals surface area (Å²) < 4.78 is 16.1. The SMILES string of the molecule is COc1cc(OC)c(OC)cc1CN[C@@H](C)c1cccc(Cl)c1. The first kappa shape index (κ1) is 17.4. The maximum atomic E-state index is 6.05. The summed E-state index contributed by atoms with van der Waals surface area (Å²) in [4.78, 5) is 0. The van der Waals surface area contributed by atoms with Crippen molar-refractivity contribution in [1.82, 2.24) is 5.32 Å². The van der Waals surface area contributed by atoms with E-state index in [0.717, 1.165) is 21.9 Å². The first-order chi connectivity index (χ1) is 11.1. The number of benzene rings is 2. The average Bonchev–Trinajstić information content (AvgIpc) is 2.58. The smallest absolute Gasteiger partial charge is 0.164 e. The van der Waals surface area contributed by atoms with Gasteiger partial charge >= 0.3 is 0 Å². The Hall–Kier alpha value is -1.91. The van der Waals surface area contributed by atoms with Crippen molar-refractivity contribution < 1.29 is 14.2 Å². The predicted octanol–water partition coefficient (Wildman–Crippen LogP) is 4.22. The molecule has 0 aromatic heterocycles. The Morgan fingerprint density at radius 1 is 0.957 bits per heavy atom. The topological polar surface area (TPSA) is 39.7 Å². The highest BCUT2D eigenvalue weighted by Crippen LogP contribution is 2.34. The summed E-state index contributed by atoms with van der Waals surface area (Å²) in [6.45, 7) is 2.73. The molecule has 4 nitrogen and oxygen atoms in total. The van der Waals surface area contributed by atoms with Crippen LogP contribution in [-0.2, 0) is 6.54 Å². The Bertz CT molecular complexity index is 661. The number of hydrogen-bond acceptors (Lipinski definition) is 4. The molecule has 0 heterocycles. The van der Waals surface area contributed by atoms with Crippen LogP contribution in [-0.4, -0.2) is 21.3 Å². The van der Waals surface area contributed by atoms with Gasteiger partial charge in [-0.2, -0.15) is 0 Å². The molecule has 0 aliphatic heterocycles. The number of hydrogen-bond donors (Lipinski definition) is 1. The maximum Gasteiger partial charge on any atom is 0.164 e. The van der Waals surface area contributed by atoms with Crippen molar-refractivity contribution in [3.05, 3.63) is 52.5 Å². The van der Waals surface area contributed by atoms with Gasteiger partial charge in [0.1, 0.15) is 5.75 Å². The summed E-state index contributed by atoms with van der Waals surface area (Å²) in [5.74, 6) is 2.09. The lowest BCUT2D eigenvalue weighted by molar-refractivity contribution is 0.346. The summed E-state index contributed by atoms with van der Waals surface area (Å²) >= 11 is 6.05. The van der Waals surface area contributed by atoms with E-state index in [1.165, 1.54) is 0 Å². The van der Waals surface area contributed by atoms with Crippen LogP contribution < -0.4 is 19.5 Å². The van der Waals surface area contributed by atoms with Gasteiger partial charge in [0.15, 0.2) is 11.5 Å². The summed E-state index contributed by atoms with van der Waals surface area (Å²) in [7, 11) is 4.87. The van der Waals surface area contributed by atoms with Crippen LogP contribution in [0.4, 0.5) is 0 Å². The van der Waals surface area contributed by atoms with Crippen LogP contribution in [0.3, 0.4) is 0 Å². The van der Waals surface area contributed by atoms with Crippen LogP contribution in [0.1, 0.15) is 24.1 Å². The molecule has 1 N–H and O–H groups in total. The van der Waals surface area contributed by atoms with E-state index in [9.17, 15) is 0 Å². The number of nitrogens with one attached hydrogen (secondary N) is 1. The fourth-order valence-corrected chi connectivity index (χ4v) is 2.59. The molecule has 23 heavy (non-hydrogen) atoms. The molecular formula is C18H22ClNO3. The number of ether oxygens (including phenoxy) is 3. The quantitative estimate of drug-likeness (QED) is 0.822. The van der Waals surface area contributed by atoms with E-state index in [0.29, 0.717) is 18.0 Å². The van der Waals surface area contributed by atoms with Crippen molar-refractivity contribution >= 4 is 11.6 Å². The van der Waals surface area contributed by atoms with Crippen molar-refractivity contribution in [2.24, 2.45) is 0 Å². The van der Waals surface area contributed by atoms with Gasteiger partial charge in [0.2, 0.25) is 0 Å². The predicted molar refractivity (Wildman–Crippen MR) is 92.8 cm³/mol. The molecule has 1 atom stereocenters. The van der Waals surface area contributed by atoms with E-state index in [1.54, 1.807) is 21.3 Å². The van der Waals surface area contributed by atoms with Gasteiger partial charge < -0.3 is 19.5 Å². The van der Waals surface area contributed by atoms with Crippen LogP contribution in [0, 0.1) is 0 Å². The molecule has 0 bridgehead atoms. The second-order valence-electron chi connectivity index (χ2n) is 5.18. The fraction of sp³-hybridized carbons (Fsp3) is 0.333. The molecule has 0 radical (unpaired) electrons. The molecule has 2 aromatic carbocycles. The maximum absolute atomic E-state index is 6.05. The zero-order chi connectivity index (χ0) is 16.8. The van der Waals surface area contributed by atoms with E-state index in [2.05, 4.69) is 18.3 Å². The molecule has 0 aliphatic carbocycles. The zero-order valence-corrected chi connectivity index (χ0v) is 14.6. The van der Waals surface area contributed by atoms with Gasteiger partial charge in [-0.05, 0) is 30.7 Å². The molecule has 5 heteroatoms. The number of halogens is 1. The molecule has 0 saturated heterocycles. The lowest BCUT2D eigenvalue weighted by Crippen LogP contribution is -2.18. The second-order valence-corrected chi connectivity index (χ2v) is 5.61. The minimum absolute atomic E-state index is 0.159. The van der Waals surface area contributed by atoms with E-state index < -0.39 is 0 Å². The Balaban J connectivity index is 2.16. The number of methoxy groups -OCH3 is 3. The fourth-order valence-electron chi connectivity index (χ4n) is 2.39. The van der Waals surface area contributed by atoms with Crippen LogP contribution in [0.15, 0.2) is 36.4 Å². The molecule has 0 unspecified atom stereocenters. The Labute approximate surface area is 142 Å². The lowest BCUT2D eigenvalue weighted by atomic mass is 10.1. The minimum Gasteiger partial charge on any atom is -0.496 e. The number of rotatable bonds is 7. The molecule has 2 aromatic rings. The second kappa shape index (κ2) is 8.09. The molecule has 0 aliphatic rings. The largest absolute Gasteiger partial charge is 0.496 e. The first-order valence-electron chi connectivity index (χ1n) is 7.36. The summed E-state index contributed by atoms with van der Waals surface area (Å²) in [6, 6.07) is 11.8. The third-order valence-electron chi connectivity index (χ3n) is 3.73. The van der Waals surface area contributed by atoms with Crippen molar-refractivity contribution in [3.63, 3.8) is 0 Å². The van der Waals surface area contributed by atoms with Gasteiger partial charge in [-0.15, -0.1) is 0 Å². The molecule has 0 fully saturated rings. The van der Waals surface area contributed by atoms with Crippen molar-refractivity contribution in [2.45, 2.75) is 19.5 Å². The van der Waals surface area contributed by atoms with E-state index >= 15 is 0 Å². The highest BCUT2D eigenvalue weighted by atomic mass is 35.5. The standard InChI is InChI=1S/C18H22ClNO3/c1-12(13-6-5-7-15(19)8-13)20-11-14-9-17(22-3)18(23-4)10-16(14)21-2/h5-10,12,20H,11H2,1-4H3/t12-/m0/s1. The van der Waals surface area contributed by atoms with Gasteiger partial charge in [-0.3, -0.25) is 0 Å². The van der Waals surface area contributed by atoms with Crippen molar-refractivity contribution in [3.8, 4) is 17.2 Å². The highest BCUT2D eigenvalue weighted by Gasteiger charge is 2.13. The molecule has 2 rings (SSSR count). The Kier molecular flexibility index (Phi) is 6.13. The van der Waals surface area contributed by atoms with E-state index in [4.69, 9.17) is 25.8 Å². The summed E-state index contributed by atoms with van der Waals surface area (Å²) in [5, 5.41) is 4.21. The van der Waals surface area contributed by atoms with Gasteiger partial charge in [-0.1, -0.05) is 23.7 Å². The normalized spacial score (nSPS) is 11.9. The van der Waals surface area contributed by atoms with Gasteiger partial charge in [0.05, 0.1) is 21.3 Å². The van der Waals surface area contributed by atoms with Crippen molar-refractivity contribution in [1.29, 1.82) is 0 Å². The lowest BCUT2D eigenvalue weighted by Gasteiger charge is -2.18. The third-order valence-corrected chi connectivity index (χ3v) is 3.97. The van der Waals surface area contributed by atoms with Gasteiger partial charge in [0.25, 0.3) is 0 Å². The monoisotopic (exact) mass is 335 g/mol. The Morgan fingerprint density at radius 3 is 2.22 bits per heavy atom. The van der Waals surface area contributed by atoms with Crippen LogP contribution >= 0.6 is 11.6 Å². The minimum atomic E-state index is 0.159. The molecular weight excluding hydrogens is 314 g/mol. The van der Waals surface area contributed by atoms with Crippen LogP contribution in [0.5, 0.6) is 17.2 Å². The molecule has 124 valence electrons. The van der Waals surface area contributed by atoms with Gasteiger partial charge in [0, 0.05) is 29.2 Å². The van der Waals surface area contributed by atoms with E-state index in [1.807, 2.05) is 30.3 Å². The zero-order valence-electron chi connectivity index (χ0n) is 13.9. The molecule has 0 saturated carbocycles. The van der Waals surface area contributed by atoms with Crippen LogP contribution in [0.2, 0.25) is 5.02 Å². The van der Waals surface area contributed by atoms with Crippen LogP contribution in [0.25, 0.3) is 0 Å². The van der Waals surface area contributed by atoms with Crippen molar-refractivity contribution in [2.75, 3.05) is 21.3 Å². The Morgan fingerprint density at radius 2 is 1.61 bits per heavy atom.